The van der Waals surface area contributed by atoms with Crippen LogP contribution in [0.25, 0.3) is 0 Å². The molecule has 3 aliphatic carbocycles. The predicted molar refractivity (Wildman–Crippen MR) is 112 cm³/mol. The van der Waals surface area contributed by atoms with Gasteiger partial charge in [-0.3, -0.25) is 14.4 Å². The fraction of sp³-hybridized carbons (Fsp3) is 0.625. The minimum Gasteiger partial charge on any atom is -0.507 e. The molecule has 0 bridgehead atoms. The molecule has 1 aromatic rings. The molecule has 166 valence electrons. The molecule has 7 heteroatoms. The van der Waals surface area contributed by atoms with Crippen molar-refractivity contribution in [2.75, 3.05) is 0 Å². The van der Waals surface area contributed by atoms with Crippen LogP contribution >= 0.6 is 0 Å². The van der Waals surface area contributed by atoms with Gasteiger partial charge in [0.1, 0.15) is 29.1 Å². The van der Waals surface area contributed by atoms with Crippen molar-refractivity contribution in [3.63, 3.8) is 0 Å². The highest BCUT2D eigenvalue weighted by Gasteiger charge is 2.62. The lowest BCUT2D eigenvalue weighted by Crippen LogP contribution is -2.42. The molecule has 0 spiro atoms. The summed E-state index contributed by atoms with van der Waals surface area (Å²) >= 11 is 0. The number of ether oxygens (including phenoxy) is 1. The summed E-state index contributed by atoms with van der Waals surface area (Å²) in [6.45, 7) is 4.20. The number of aliphatic hydroxyl groups is 1. The van der Waals surface area contributed by atoms with Crippen LogP contribution in [0.3, 0.4) is 0 Å². The normalized spacial score (nSPS) is 41.4. The number of aromatic amines is 1. The quantitative estimate of drug-likeness (QED) is 0.387. The number of Topliss-reactive ketones (excluding diaryl/α,β-unsaturated/α-hetero) is 2. The number of epoxide rings is 1. The largest absolute Gasteiger partial charge is 0.507 e. The van der Waals surface area contributed by atoms with E-state index in [0.29, 0.717) is 11.8 Å². The summed E-state index contributed by atoms with van der Waals surface area (Å²) in [5, 5.41) is 22.3. The SMILES string of the molecule is C[C@H]1CC[C@@H]2[C@@H](C(=O)c3c(O)c(C4(O)CCC(=O)C5OC54)c[nH]c3=O)[C@@H](C)C=C[C@H]2C1. The van der Waals surface area contributed by atoms with E-state index in [1.807, 2.05) is 6.92 Å². The number of aromatic nitrogens is 1. The Balaban J connectivity index is 1.53. The number of H-pyrrole nitrogens is 1. The van der Waals surface area contributed by atoms with Crippen LogP contribution in [-0.4, -0.2) is 39.0 Å². The number of allylic oxidation sites excluding steroid dienone is 2. The summed E-state index contributed by atoms with van der Waals surface area (Å²) < 4.78 is 5.36. The van der Waals surface area contributed by atoms with Crippen molar-refractivity contribution >= 4 is 11.6 Å². The van der Waals surface area contributed by atoms with E-state index >= 15 is 0 Å². The Morgan fingerprint density at radius 2 is 2.00 bits per heavy atom. The van der Waals surface area contributed by atoms with Gasteiger partial charge in [-0.15, -0.1) is 0 Å². The van der Waals surface area contributed by atoms with Gasteiger partial charge in [0.15, 0.2) is 11.6 Å². The van der Waals surface area contributed by atoms with Gasteiger partial charge < -0.3 is 19.9 Å². The molecule has 8 atom stereocenters. The number of aromatic hydroxyl groups is 1. The van der Waals surface area contributed by atoms with E-state index in [-0.39, 0.29) is 47.4 Å². The Hall–Kier alpha value is -2.25. The first-order chi connectivity index (χ1) is 14.7. The highest BCUT2D eigenvalue weighted by molar-refractivity contribution is 6.01. The molecule has 3 unspecified atom stereocenters. The van der Waals surface area contributed by atoms with Gasteiger partial charge in [0.25, 0.3) is 5.56 Å². The van der Waals surface area contributed by atoms with Gasteiger partial charge in [0.05, 0.1) is 0 Å². The molecule has 2 heterocycles. The minimum absolute atomic E-state index is 0.0452. The first-order valence-corrected chi connectivity index (χ1v) is 11.3. The van der Waals surface area contributed by atoms with E-state index < -0.39 is 35.0 Å². The summed E-state index contributed by atoms with van der Waals surface area (Å²) in [7, 11) is 0. The molecule has 31 heavy (non-hydrogen) atoms. The Morgan fingerprint density at radius 3 is 2.77 bits per heavy atom. The number of ketones is 2. The van der Waals surface area contributed by atoms with Gasteiger partial charge in [-0.1, -0.05) is 32.4 Å². The summed E-state index contributed by atoms with van der Waals surface area (Å²) in [6.07, 6.45) is 7.25. The summed E-state index contributed by atoms with van der Waals surface area (Å²) in [5.41, 5.74) is -2.49. The van der Waals surface area contributed by atoms with Crippen molar-refractivity contribution in [2.24, 2.45) is 29.6 Å². The zero-order chi connectivity index (χ0) is 22.1. The van der Waals surface area contributed by atoms with E-state index in [1.165, 1.54) is 6.20 Å². The summed E-state index contributed by atoms with van der Waals surface area (Å²) in [5.74, 6) is -0.327. The number of rotatable bonds is 3. The minimum atomic E-state index is -1.61. The smallest absolute Gasteiger partial charge is 0.262 e. The van der Waals surface area contributed by atoms with Crippen molar-refractivity contribution in [1.82, 2.24) is 4.98 Å². The Kier molecular flexibility index (Phi) is 4.75. The molecule has 3 fully saturated rings. The maximum Gasteiger partial charge on any atom is 0.262 e. The molecular formula is C24H29NO6. The van der Waals surface area contributed by atoms with Crippen LogP contribution in [0.4, 0.5) is 0 Å². The van der Waals surface area contributed by atoms with Crippen molar-refractivity contribution in [2.45, 2.75) is 63.8 Å². The lowest BCUT2D eigenvalue weighted by atomic mass is 9.61. The highest BCUT2D eigenvalue weighted by Crippen LogP contribution is 2.50. The zero-order valence-corrected chi connectivity index (χ0v) is 17.8. The standard InChI is InChI=1S/C24H29NO6/c1-11-3-6-14-13(9-11)5-4-12(2)17(14)20(28)18-19(27)15(10-25-23(18)29)24(30)8-7-16(26)21-22(24)31-21/h4-5,10-14,17,21-22,30H,3,6-9H2,1-2H3,(H2,25,27,29)/t11-,12-,13-,14-,17-,21?,22?,24?/m0/s1. The Bertz CT molecular complexity index is 1030. The maximum absolute atomic E-state index is 13.7. The van der Waals surface area contributed by atoms with Crippen LogP contribution in [0.5, 0.6) is 5.75 Å². The van der Waals surface area contributed by atoms with Gasteiger partial charge in [-0.2, -0.15) is 0 Å². The number of carbonyl (C=O) groups is 2. The molecule has 7 nitrogen and oxygen atoms in total. The fourth-order valence-corrected chi connectivity index (χ4v) is 6.23. The van der Waals surface area contributed by atoms with Crippen molar-refractivity contribution < 1.29 is 24.5 Å². The van der Waals surface area contributed by atoms with Crippen LogP contribution < -0.4 is 5.56 Å². The Labute approximate surface area is 180 Å². The van der Waals surface area contributed by atoms with Gasteiger partial charge in [-0.25, -0.2) is 0 Å². The van der Waals surface area contributed by atoms with Crippen LogP contribution in [0, 0.1) is 29.6 Å². The van der Waals surface area contributed by atoms with Crippen LogP contribution in [0.2, 0.25) is 0 Å². The molecule has 1 aromatic heterocycles. The van der Waals surface area contributed by atoms with Crippen molar-refractivity contribution in [3.05, 3.63) is 39.8 Å². The van der Waals surface area contributed by atoms with E-state index in [9.17, 15) is 24.6 Å². The first kappa shape index (κ1) is 20.6. The third-order valence-corrected chi connectivity index (χ3v) is 8.02. The number of nitrogens with one attached hydrogen (secondary N) is 1. The second-order valence-electron chi connectivity index (χ2n) is 10.0. The lowest BCUT2D eigenvalue weighted by Gasteiger charge is -2.42. The highest BCUT2D eigenvalue weighted by atomic mass is 16.6. The molecule has 5 rings (SSSR count). The Morgan fingerprint density at radius 1 is 1.23 bits per heavy atom. The van der Waals surface area contributed by atoms with Crippen LogP contribution in [0.1, 0.15) is 61.9 Å². The third-order valence-electron chi connectivity index (χ3n) is 8.02. The maximum atomic E-state index is 13.7. The van der Waals surface area contributed by atoms with Crippen LogP contribution in [-0.2, 0) is 15.1 Å². The van der Waals surface area contributed by atoms with E-state index in [4.69, 9.17) is 4.74 Å². The second kappa shape index (κ2) is 7.14. The predicted octanol–water partition coefficient (Wildman–Crippen LogP) is 2.46. The molecule has 0 amide bonds. The summed E-state index contributed by atoms with van der Waals surface area (Å²) in [6, 6.07) is 0. The number of hydrogen-bond acceptors (Lipinski definition) is 6. The van der Waals surface area contributed by atoms with Crippen molar-refractivity contribution in [3.8, 4) is 5.75 Å². The van der Waals surface area contributed by atoms with Gasteiger partial charge in [-0.05, 0) is 42.9 Å². The molecule has 2 saturated carbocycles. The third kappa shape index (κ3) is 3.12. The average Bonchev–Trinajstić information content (AvgIpc) is 3.53. The molecular weight excluding hydrogens is 398 g/mol. The fourth-order valence-electron chi connectivity index (χ4n) is 6.23. The van der Waals surface area contributed by atoms with E-state index in [2.05, 4.69) is 24.1 Å². The molecule has 3 N–H and O–H groups in total. The zero-order valence-electron chi connectivity index (χ0n) is 17.8. The first-order valence-electron chi connectivity index (χ1n) is 11.3. The molecule has 1 aliphatic heterocycles. The average molecular weight is 427 g/mol. The number of fused-ring (bicyclic) bond motifs is 2. The number of hydrogen-bond donors (Lipinski definition) is 3. The molecule has 4 aliphatic rings. The van der Waals surface area contributed by atoms with Gasteiger partial charge >= 0.3 is 0 Å². The van der Waals surface area contributed by atoms with Gasteiger partial charge in [0, 0.05) is 24.1 Å². The number of pyridine rings is 1. The molecule has 0 radical (unpaired) electrons. The topological polar surface area (TPSA) is 120 Å². The number of carbonyl (C=O) groups excluding carboxylic acids is 2. The van der Waals surface area contributed by atoms with Crippen LogP contribution in [0.15, 0.2) is 23.1 Å². The monoisotopic (exact) mass is 427 g/mol. The lowest BCUT2D eigenvalue weighted by molar-refractivity contribution is -0.123. The second-order valence-corrected chi connectivity index (χ2v) is 10.0. The van der Waals surface area contributed by atoms with Crippen molar-refractivity contribution in [1.29, 1.82) is 0 Å². The van der Waals surface area contributed by atoms with E-state index in [1.54, 1.807) is 0 Å². The summed E-state index contributed by atoms with van der Waals surface area (Å²) in [4.78, 5) is 40.8. The van der Waals surface area contributed by atoms with Gasteiger partial charge in [0.2, 0.25) is 0 Å². The molecule has 0 aromatic carbocycles. The molecule has 1 saturated heterocycles. The van der Waals surface area contributed by atoms with E-state index in [0.717, 1.165) is 19.3 Å².